The first-order chi connectivity index (χ1) is 11.8. The summed E-state index contributed by atoms with van der Waals surface area (Å²) in [7, 11) is 0. The van der Waals surface area contributed by atoms with Crippen LogP contribution in [0.25, 0.3) is 0 Å². The van der Waals surface area contributed by atoms with E-state index in [1.165, 1.54) is 0 Å². The van der Waals surface area contributed by atoms with Gasteiger partial charge in [0, 0.05) is 24.0 Å². The van der Waals surface area contributed by atoms with Crippen LogP contribution in [0.2, 0.25) is 0 Å². The second kappa shape index (κ2) is 7.94. The zero-order valence-electron chi connectivity index (χ0n) is 13.4. The molecule has 0 saturated carbocycles. The Hall–Kier alpha value is -3.11. The molecule has 0 aromatic heterocycles. The van der Waals surface area contributed by atoms with Crippen molar-refractivity contribution in [3.8, 4) is 11.8 Å². The Morgan fingerprint density at radius 3 is 1.62 bits per heavy atom. The second-order valence-corrected chi connectivity index (χ2v) is 5.69. The summed E-state index contributed by atoms with van der Waals surface area (Å²) in [5, 5.41) is 0. The van der Waals surface area contributed by atoms with Gasteiger partial charge in [0.05, 0.1) is 0 Å². The average molecular weight is 310 g/mol. The maximum Gasteiger partial charge on any atom is 0.141 e. The molecule has 0 spiro atoms. The highest BCUT2D eigenvalue weighted by atomic mass is 16.1. The third kappa shape index (κ3) is 4.69. The van der Waals surface area contributed by atoms with Gasteiger partial charge in [-0.2, -0.15) is 0 Å². The molecule has 0 aliphatic carbocycles. The Kier molecular flexibility index (Phi) is 5.22. The van der Waals surface area contributed by atoms with E-state index in [2.05, 4.69) is 11.8 Å². The molecule has 0 unspecified atom stereocenters. The fourth-order valence-corrected chi connectivity index (χ4v) is 2.49. The fraction of sp³-hybridized carbons (Fsp3) is 0.0870. The highest BCUT2D eigenvalue weighted by molar-refractivity contribution is 5.83. The number of carbonyl (C=O) groups is 1. The summed E-state index contributed by atoms with van der Waals surface area (Å²) >= 11 is 0. The van der Waals surface area contributed by atoms with E-state index >= 15 is 0 Å². The lowest BCUT2D eigenvalue weighted by Gasteiger charge is -2.02. The molecule has 0 atom stereocenters. The minimum Gasteiger partial charge on any atom is -0.299 e. The van der Waals surface area contributed by atoms with Crippen LogP contribution in [0.4, 0.5) is 0 Å². The van der Waals surface area contributed by atoms with Crippen molar-refractivity contribution >= 4 is 5.78 Å². The van der Waals surface area contributed by atoms with Crippen molar-refractivity contribution in [2.24, 2.45) is 0 Å². The summed E-state index contributed by atoms with van der Waals surface area (Å²) in [6.07, 6.45) is 0.942. The van der Waals surface area contributed by atoms with Crippen LogP contribution in [-0.2, 0) is 17.6 Å². The van der Waals surface area contributed by atoms with Crippen molar-refractivity contribution in [3.63, 3.8) is 0 Å². The molecule has 116 valence electrons. The van der Waals surface area contributed by atoms with Gasteiger partial charge < -0.3 is 0 Å². The molecule has 1 nitrogen and oxygen atoms in total. The van der Waals surface area contributed by atoms with E-state index in [0.717, 1.165) is 22.3 Å². The fourth-order valence-electron chi connectivity index (χ4n) is 2.49. The van der Waals surface area contributed by atoms with Gasteiger partial charge in [-0.1, -0.05) is 72.5 Å². The first-order valence-electron chi connectivity index (χ1n) is 8.01. The highest BCUT2D eigenvalue weighted by Crippen LogP contribution is 2.08. The van der Waals surface area contributed by atoms with Crippen molar-refractivity contribution in [1.82, 2.24) is 0 Å². The second-order valence-electron chi connectivity index (χ2n) is 5.69. The molecule has 0 heterocycles. The van der Waals surface area contributed by atoms with Crippen LogP contribution in [-0.4, -0.2) is 5.78 Å². The van der Waals surface area contributed by atoms with Crippen molar-refractivity contribution in [1.29, 1.82) is 0 Å². The van der Waals surface area contributed by atoms with Crippen LogP contribution in [0, 0.1) is 11.8 Å². The van der Waals surface area contributed by atoms with Crippen LogP contribution >= 0.6 is 0 Å². The van der Waals surface area contributed by atoms with Gasteiger partial charge in [0.2, 0.25) is 0 Å². The number of rotatable bonds is 4. The summed E-state index contributed by atoms with van der Waals surface area (Å²) in [4.78, 5) is 12.1. The molecule has 3 aromatic carbocycles. The lowest BCUT2D eigenvalue weighted by molar-refractivity contribution is -0.117. The quantitative estimate of drug-likeness (QED) is 0.651. The van der Waals surface area contributed by atoms with E-state index in [1.807, 2.05) is 84.9 Å². The van der Waals surface area contributed by atoms with Gasteiger partial charge in [0.1, 0.15) is 5.78 Å². The predicted molar refractivity (Wildman–Crippen MR) is 97.7 cm³/mol. The van der Waals surface area contributed by atoms with Crippen molar-refractivity contribution < 1.29 is 4.79 Å². The summed E-state index contributed by atoms with van der Waals surface area (Å²) in [5.74, 6) is 6.51. The molecule has 0 bridgehead atoms. The molecule has 0 saturated heterocycles. The van der Waals surface area contributed by atoms with Crippen LogP contribution in [0.3, 0.4) is 0 Å². The number of ketones is 1. The maximum atomic E-state index is 12.1. The van der Waals surface area contributed by atoms with Gasteiger partial charge in [0.25, 0.3) is 0 Å². The van der Waals surface area contributed by atoms with Gasteiger partial charge in [-0.05, 0) is 35.4 Å². The molecule has 0 aliphatic rings. The molecule has 0 radical (unpaired) electrons. The normalized spacial score (nSPS) is 9.83. The third-order valence-corrected chi connectivity index (χ3v) is 3.72. The van der Waals surface area contributed by atoms with Crippen LogP contribution in [0.15, 0.2) is 84.9 Å². The van der Waals surface area contributed by atoms with E-state index in [4.69, 9.17) is 0 Å². The summed E-state index contributed by atoms with van der Waals surface area (Å²) in [5.41, 5.74) is 4.05. The molecular weight excluding hydrogens is 292 g/mol. The molecule has 0 N–H and O–H groups in total. The first-order valence-corrected chi connectivity index (χ1v) is 8.01. The first kappa shape index (κ1) is 15.8. The van der Waals surface area contributed by atoms with Crippen LogP contribution in [0.1, 0.15) is 22.3 Å². The summed E-state index contributed by atoms with van der Waals surface area (Å²) < 4.78 is 0. The van der Waals surface area contributed by atoms with E-state index in [-0.39, 0.29) is 5.78 Å². The summed E-state index contributed by atoms with van der Waals surface area (Å²) in [6, 6.07) is 27.7. The zero-order valence-corrected chi connectivity index (χ0v) is 13.4. The molecular formula is C23H18O. The maximum absolute atomic E-state index is 12.1. The Bertz CT molecular complexity index is 851. The van der Waals surface area contributed by atoms with Crippen molar-refractivity contribution in [2.75, 3.05) is 0 Å². The minimum atomic E-state index is 0.226. The number of hydrogen-bond acceptors (Lipinski definition) is 1. The predicted octanol–water partition coefficient (Wildman–Crippen LogP) is 4.44. The van der Waals surface area contributed by atoms with E-state index < -0.39 is 0 Å². The zero-order chi connectivity index (χ0) is 16.6. The molecule has 1 heteroatoms. The monoisotopic (exact) mass is 310 g/mol. The molecule has 0 fully saturated rings. The van der Waals surface area contributed by atoms with Gasteiger partial charge >= 0.3 is 0 Å². The third-order valence-electron chi connectivity index (χ3n) is 3.72. The minimum absolute atomic E-state index is 0.226. The van der Waals surface area contributed by atoms with Crippen molar-refractivity contribution in [2.45, 2.75) is 12.8 Å². The Labute approximate surface area is 143 Å². The van der Waals surface area contributed by atoms with Gasteiger partial charge in [-0.25, -0.2) is 0 Å². The molecule has 0 aliphatic heterocycles. The van der Waals surface area contributed by atoms with Crippen LogP contribution < -0.4 is 0 Å². The standard InChI is InChI=1S/C23H18O/c24-23(17-21-9-5-2-6-10-21)18-22-15-13-20(14-16-22)12-11-19-7-3-1-4-8-19/h1-10,13-16H,17-18H2. The Balaban J connectivity index is 1.60. The molecule has 24 heavy (non-hydrogen) atoms. The van der Waals surface area contributed by atoms with E-state index in [9.17, 15) is 4.79 Å². The summed E-state index contributed by atoms with van der Waals surface area (Å²) in [6.45, 7) is 0. The van der Waals surface area contributed by atoms with Crippen LogP contribution in [0.5, 0.6) is 0 Å². The topological polar surface area (TPSA) is 17.1 Å². The Morgan fingerprint density at radius 2 is 1.04 bits per heavy atom. The van der Waals surface area contributed by atoms with Gasteiger partial charge in [-0.3, -0.25) is 4.79 Å². The largest absolute Gasteiger partial charge is 0.299 e. The molecule has 3 aromatic rings. The number of carbonyl (C=O) groups excluding carboxylic acids is 1. The smallest absolute Gasteiger partial charge is 0.141 e. The Morgan fingerprint density at radius 1 is 0.583 bits per heavy atom. The van der Waals surface area contributed by atoms with Crippen molar-refractivity contribution in [3.05, 3.63) is 107 Å². The number of hydrogen-bond donors (Lipinski definition) is 0. The lowest BCUT2D eigenvalue weighted by atomic mass is 10.0. The average Bonchev–Trinajstić information content (AvgIpc) is 2.63. The van der Waals surface area contributed by atoms with E-state index in [1.54, 1.807) is 0 Å². The van der Waals surface area contributed by atoms with Gasteiger partial charge in [-0.15, -0.1) is 0 Å². The van der Waals surface area contributed by atoms with E-state index in [0.29, 0.717) is 12.8 Å². The SMILES string of the molecule is O=C(Cc1ccccc1)Cc1ccc(C#Cc2ccccc2)cc1. The van der Waals surface area contributed by atoms with Gasteiger partial charge in [0.15, 0.2) is 0 Å². The molecule has 0 amide bonds. The number of benzene rings is 3. The lowest BCUT2D eigenvalue weighted by Crippen LogP contribution is -2.06. The highest BCUT2D eigenvalue weighted by Gasteiger charge is 2.05. The molecule has 3 rings (SSSR count). The number of Topliss-reactive ketones (excluding diaryl/α,β-unsaturated/α-hetero) is 1.